The van der Waals surface area contributed by atoms with E-state index in [4.69, 9.17) is 4.98 Å². The fourth-order valence-electron chi connectivity index (χ4n) is 5.64. The molecule has 0 saturated carbocycles. The summed E-state index contributed by atoms with van der Waals surface area (Å²) in [5, 5.41) is 6.97. The second kappa shape index (κ2) is 13.7. The number of nitrogens with zero attached hydrogens (tertiary/aromatic N) is 4. The molecule has 5 rings (SSSR count). The van der Waals surface area contributed by atoms with Gasteiger partial charge in [0.25, 0.3) is 0 Å². The number of rotatable bonds is 10. The Morgan fingerprint density at radius 1 is 0.825 bits per heavy atom. The van der Waals surface area contributed by atoms with Gasteiger partial charge in [0.1, 0.15) is 5.82 Å². The smallest absolute Gasteiger partial charge is 0.224 e. The summed E-state index contributed by atoms with van der Waals surface area (Å²) in [6, 6.07) is 18.6. The molecule has 0 atom stereocenters. The minimum absolute atomic E-state index is 0.0818. The van der Waals surface area contributed by atoms with E-state index in [9.17, 15) is 9.59 Å². The Kier molecular flexibility index (Phi) is 9.63. The molecule has 3 aromatic rings. The molecular formula is C32H42N6O2. The van der Waals surface area contributed by atoms with Crippen LogP contribution in [0, 0.1) is 6.92 Å². The molecule has 2 aliphatic heterocycles. The Balaban J connectivity index is 1.00. The van der Waals surface area contributed by atoms with Gasteiger partial charge in [-0.15, -0.1) is 0 Å². The average Bonchev–Trinajstić information content (AvgIpc) is 2.98. The highest BCUT2D eigenvalue weighted by atomic mass is 16.2. The van der Waals surface area contributed by atoms with Gasteiger partial charge in [-0.1, -0.05) is 30.3 Å². The number of nitrogens with one attached hydrogen (secondary N) is 2. The van der Waals surface area contributed by atoms with Crippen molar-refractivity contribution in [3.8, 4) is 0 Å². The van der Waals surface area contributed by atoms with Crippen molar-refractivity contribution in [2.75, 3.05) is 62.6 Å². The summed E-state index contributed by atoms with van der Waals surface area (Å²) in [5.41, 5.74) is 4.18. The van der Waals surface area contributed by atoms with E-state index < -0.39 is 0 Å². The van der Waals surface area contributed by atoms with Gasteiger partial charge in [0.05, 0.1) is 5.52 Å². The zero-order valence-corrected chi connectivity index (χ0v) is 23.7. The van der Waals surface area contributed by atoms with E-state index in [0.717, 1.165) is 80.3 Å². The predicted octanol–water partition coefficient (Wildman–Crippen LogP) is 4.19. The number of carbonyl (C=O) groups is 2. The first-order valence-corrected chi connectivity index (χ1v) is 14.7. The molecule has 0 spiro atoms. The second-order valence-electron chi connectivity index (χ2n) is 11.1. The molecule has 212 valence electrons. The molecule has 0 unspecified atom stereocenters. The summed E-state index contributed by atoms with van der Waals surface area (Å²) in [6.45, 7) is 10.7. The summed E-state index contributed by atoms with van der Waals surface area (Å²) in [4.78, 5) is 37.0. The Morgan fingerprint density at radius 2 is 1.55 bits per heavy atom. The summed E-state index contributed by atoms with van der Waals surface area (Å²) in [7, 11) is 0. The van der Waals surface area contributed by atoms with Crippen molar-refractivity contribution in [3.63, 3.8) is 0 Å². The van der Waals surface area contributed by atoms with Crippen molar-refractivity contribution in [1.82, 2.24) is 20.1 Å². The largest absolute Gasteiger partial charge is 0.357 e. The third kappa shape index (κ3) is 7.79. The van der Waals surface area contributed by atoms with Crippen LogP contribution < -0.4 is 15.5 Å². The zero-order valence-electron chi connectivity index (χ0n) is 23.7. The van der Waals surface area contributed by atoms with Gasteiger partial charge in [0.15, 0.2) is 0 Å². The van der Waals surface area contributed by atoms with Crippen LogP contribution in [0.5, 0.6) is 0 Å². The van der Waals surface area contributed by atoms with Crippen LogP contribution in [0.4, 0.5) is 11.5 Å². The first-order chi connectivity index (χ1) is 19.5. The summed E-state index contributed by atoms with van der Waals surface area (Å²) in [6.07, 6.45) is 4.07. The average molecular weight is 543 g/mol. The molecular weight excluding hydrogens is 500 g/mol. The normalized spacial score (nSPS) is 16.7. The molecule has 0 bridgehead atoms. The second-order valence-corrected chi connectivity index (χ2v) is 11.1. The minimum atomic E-state index is -0.153. The molecule has 0 radical (unpaired) electrons. The molecule has 1 aromatic heterocycles. The maximum atomic E-state index is 12.6. The fourth-order valence-corrected chi connectivity index (χ4v) is 5.64. The fraction of sp³-hybridized carbons (Fsp3) is 0.469. The summed E-state index contributed by atoms with van der Waals surface area (Å²) >= 11 is 0. The van der Waals surface area contributed by atoms with E-state index in [1.165, 1.54) is 24.8 Å². The Bertz CT molecular complexity index is 1280. The number of aryl methyl sites for hydroxylation is 1. The number of carbonyl (C=O) groups excluding carboxylic acids is 2. The first-order valence-electron chi connectivity index (χ1n) is 14.7. The van der Waals surface area contributed by atoms with Gasteiger partial charge in [0.2, 0.25) is 11.8 Å². The molecule has 2 saturated heterocycles. The molecule has 2 amide bonds. The van der Waals surface area contributed by atoms with Gasteiger partial charge in [-0.25, -0.2) is 4.98 Å². The van der Waals surface area contributed by atoms with E-state index in [1.54, 1.807) is 0 Å². The van der Waals surface area contributed by atoms with Gasteiger partial charge in [-0.05, 0) is 61.6 Å². The van der Waals surface area contributed by atoms with Crippen molar-refractivity contribution in [3.05, 3.63) is 65.7 Å². The number of amides is 2. The van der Waals surface area contributed by atoms with Crippen LogP contribution in [0.2, 0.25) is 0 Å². The van der Waals surface area contributed by atoms with Gasteiger partial charge < -0.3 is 15.5 Å². The number of piperidine rings is 1. The van der Waals surface area contributed by atoms with E-state index in [-0.39, 0.29) is 24.7 Å². The van der Waals surface area contributed by atoms with Crippen LogP contribution in [0.25, 0.3) is 10.9 Å². The van der Waals surface area contributed by atoms with E-state index in [0.29, 0.717) is 6.54 Å². The number of pyridine rings is 1. The predicted molar refractivity (Wildman–Crippen MR) is 162 cm³/mol. The number of benzene rings is 2. The third-order valence-corrected chi connectivity index (χ3v) is 8.01. The highest BCUT2D eigenvalue weighted by molar-refractivity contribution is 5.96. The molecule has 0 aliphatic carbocycles. The van der Waals surface area contributed by atoms with Crippen LogP contribution in [-0.4, -0.2) is 79.0 Å². The lowest BCUT2D eigenvalue weighted by atomic mass is 10.1. The van der Waals surface area contributed by atoms with E-state index in [1.807, 2.05) is 18.2 Å². The van der Waals surface area contributed by atoms with Crippen LogP contribution >= 0.6 is 0 Å². The number of fused-ring (bicyclic) bond motifs is 1. The van der Waals surface area contributed by atoms with E-state index in [2.05, 4.69) is 68.7 Å². The van der Waals surface area contributed by atoms with Crippen molar-refractivity contribution < 1.29 is 9.59 Å². The molecule has 2 aromatic carbocycles. The number of anilines is 2. The standard InChI is InChI=1S/C32H42N6O2/c1-25-22-30(38-15-6-3-7-16-38)35-29-11-10-27(23-28(25)29)34-32(40)13-12-31(39)33-14-17-36-18-20-37(21-19-36)24-26-8-4-2-5-9-26/h2,4-5,8-11,22-23H,3,6-7,12-21,24H2,1H3,(H,33,39)(H,34,40). The van der Waals surface area contributed by atoms with Gasteiger partial charge in [-0.2, -0.15) is 0 Å². The Labute approximate surface area is 237 Å². The molecule has 3 heterocycles. The van der Waals surface area contributed by atoms with E-state index >= 15 is 0 Å². The van der Waals surface area contributed by atoms with Crippen molar-refractivity contribution in [2.45, 2.75) is 45.6 Å². The van der Waals surface area contributed by atoms with Crippen molar-refractivity contribution in [1.29, 1.82) is 0 Å². The minimum Gasteiger partial charge on any atom is -0.357 e. The van der Waals surface area contributed by atoms with Crippen molar-refractivity contribution in [2.24, 2.45) is 0 Å². The maximum absolute atomic E-state index is 12.6. The third-order valence-electron chi connectivity index (χ3n) is 8.01. The molecule has 2 aliphatic rings. The van der Waals surface area contributed by atoms with Crippen LogP contribution in [0.3, 0.4) is 0 Å². The lowest BCUT2D eigenvalue weighted by Gasteiger charge is -2.34. The Morgan fingerprint density at radius 3 is 2.33 bits per heavy atom. The molecule has 2 N–H and O–H groups in total. The highest BCUT2D eigenvalue weighted by Gasteiger charge is 2.17. The highest BCUT2D eigenvalue weighted by Crippen LogP contribution is 2.27. The maximum Gasteiger partial charge on any atom is 0.224 e. The van der Waals surface area contributed by atoms with Crippen LogP contribution in [-0.2, 0) is 16.1 Å². The SMILES string of the molecule is Cc1cc(N2CCCCC2)nc2ccc(NC(=O)CCC(=O)NCCN3CCN(Cc4ccccc4)CC3)cc12. The van der Waals surface area contributed by atoms with Crippen LogP contribution in [0.1, 0.15) is 43.2 Å². The summed E-state index contributed by atoms with van der Waals surface area (Å²) < 4.78 is 0. The first kappa shape index (κ1) is 28.1. The molecule has 8 heteroatoms. The lowest BCUT2D eigenvalue weighted by molar-refractivity contribution is -0.124. The van der Waals surface area contributed by atoms with Gasteiger partial charge in [-0.3, -0.25) is 19.4 Å². The topological polar surface area (TPSA) is 80.8 Å². The van der Waals surface area contributed by atoms with Crippen molar-refractivity contribution >= 4 is 34.2 Å². The van der Waals surface area contributed by atoms with Gasteiger partial charge in [0, 0.05) is 82.8 Å². The monoisotopic (exact) mass is 542 g/mol. The number of aromatic nitrogens is 1. The summed E-state index contributed by atoms with van der Waals surface area (Å²) in [5.74, 6) is 0.805. The zero-order chi connectivity index (χ0) is 27.7. The quantitative estimate of drug-likeness (QED) is 0.400. The number of piperazine rings is 1. The van der Waals surface area contributed by atoms with Crippen LogP contribution in [0.15, 0.2) is 54.6 Å². The van der Waals surface area contributed by atoms with Gasteiger partial charge >= 0.3 is 0 Å². The molecule has 8 nitrogen and oxygen atoms in total. The molecule has 40 heavy (non-hydrogen) atoms. The lowest BCUT2D eigenvalue weighted by Crippen LogP contribution is -2.48. The number of hydrogen-bond donors (Lipinski definition) is 2. The number of hydrogen-bond acceptors (Lipinski definition) is 6. The Hall–Kier alpha value is -3.49. The molecule has 2 fully saturated rings.